The normalized spacial score (nSPS) is 15.4. The van der Waals surface area contributed by atoms with E-state index in [1.165, 1.54) is 5.01 Å². The number of hydrogen-bond acceptors (Lipinski definition) is 3. The lowest BCUT2D eigenvalue weighted by Gasteiger charge is -2.12. The van der Waals surface area contributed by atoms with E-state index in [1.807, 2.05) is 37.3 Å². The van der Waals surface area contributed by atoms with Crippen molar-refractivity contribution in [2.24, 2.45) is 5.10 Å². The second-order valence-electron chi connectivity index (χ2n) is 6.50. The van der Waals surface area contributed by atoms with E-state index in [0.29, 0.717) is 38.4 Å². The second kappa shape index (κ2) is 7.30. The van der Waals surface area contributed by atoms with Crippen molar-refractivity contribution >= 4 is 46.6 Å². The molecule has 0 bridgehead atoms. The van der Waals surface area contributed by atoms with Gasteiger partial charge in [0.2, 0.25) is 0 Å². The van der Waals surface area contributed by atoms with Crippen LogP contribution in [0.3, 0.4) is 0 Å². The van der Waals surface area contributed by atoms with E-state index in [-0.39, 0.29) is 5.91 Å². The van der Waals surface area contributed by atoms with E-state index in [4.69, 9.17) is 27.6 Å². The fourth-order valence-corrected chi connectivity index (χ4v) is 3.42. The molecule has 6 heteroatoms. The van der Waals surface area contributed by atoms with Gasteiger partial charge in [0, 0.05) is 5.56 Å². The molecule has 4 rings (SSSR count). The number of anilines is 1. The van der Waals surface area contributed by atoms with Crippen LogP contribution in [0.15, 0.2) is 69.7 Å². The Morgan fingerprint density at radius 2 is 1.82 bits per heavy atom. The molecule has 4 nitrogen and oxygen atoms in total. The van der Waals surface area contributed by atoms with Crippen LogP contribution < -0.4 is 5.01 Å². The number of rotatable bonds is 3. The molecule has 0 saturated carbocycles. The first kappa shape index (κ1) is 18.5. The van der Waals surface area contributed by atoms with Gasteiger partial charge in [0.05, 0.1) is 27.0 Å². The highest BCUT2D eigenvalue weighted by atomic mass is 35.5. The average molecular weight is 411 g/mol. The Morgan fingerprint density at radius 1 is 1.04 bits per heavy atom. The predicted octanol–water partition coefficient (Wildman–Crippen LogP) is 6.37. The van der Waals surface area contributed by atoms with Gasteiger partial charge in [-0.3, -0.25) is 4.79 Å². The van der Waals surface area contributed by atoms with Gasteiger partial charge in [0.15, 0.2) is 0 Å². The second-order valence-corrected chi connectivity index (χ2v) is 7.29. The topological polar surface area (TPSA) is 45.8 Å². The van der Waals surface area contributed by atoms with E-state index in [2.05, 4.69) is 5.10 Å². The molecule has 1 aliphatic rings. The molecule has 0 radical (unpaired) electrons. The van der Waals surface area contributed by atoms with Crippen molar-refractivity contribution in [2.45, 2.75) is 13.8 Å². The predicted molar refractivity (Wildman–Crippen MR) is 114 cm³/mol. The van der Waals surface area contributed by atoms with Crippen LogP contribution in [0.25, 0.3) is 17.4 Å². The molecule has 2 aromatic carbocycles. The number of carbonyl (C=O) groups is 1. The molecule has 1 aromatic heterocycles. The summed E-state index contributed by atoms with van der Waals surface area (Å²) < 4.78 is 5.88. The van der Waals surface area contributed by atoms with Gasteiger partial charge >= 0.3 is 0 Å². The average Bonchev–Trinajstić information content (AvgIpc) is 3.24. The Hall–Kier alpha value is -2.82. The van der Waals surface area contributed by atoms with E-state index >= 15 is 0 Å². The van der Waals surface area contributed by atoms with E-state index in [0.717, 1.165) is 11.3 Å². The quantitative estimate of drug-likeness (QED) is 0.470. The fourth-order valence-electron chi connectivity index (χ4n) is 3.03. The van der Waals surface area contributed by atoms with Gasteiger partial charge in [-0.25, -0.2) is 0 Å². The van der Waals surface area contributed by atoms with E-state index in [9.17, 15) is 4.79 Å². The summed E-state index contributed by atoms with van der Waals surface area (Å²) in [6, 6.07) is 16.6. The number of halogens is 2. The Kier molecular flexibility index (Phi) is 4.84. The molecule has 0 spiro atoms. The lowest BCUT2D eigenvalue weighted by Crippen LogP contribution is -2.21. The molecular weight excluding hydrogens is 395 g/mol. The number of hydrogen-bond donors (Lipinski definition) is 0. The summed E-state index contributed by atoms with van der Waals surface area (Å²) in [7, 11) is 0. The summed E-state index contributed by atoms with van der Waals surface area (Å²) >= 11 is 12.3. The van der Waals surface area contributed by atoms with Crippen LogP contribution >= 0.6 is 23.2 Å². The minimum atomic E-state index is -0.193. The summed E-state index contributed by atoms with van der Waals surface area (Å²) in [5.41, 5.74) is 3.61. The summed E-state index contributed by atoms with van der Waals surface area (Å²) in [6.07, 6.45) is 1.69. The van der Waals surface area contributed by atoms with Crippen LogP contribution in [0.1, 0.15) is 18.2 Å². The van der Waals surface area contributed by atoms with Crippen LogP contribution in [-0.2, 0) is 4.79 Å². The standard InChI is InChI=1S/C22H16Cl2N2O2/c1-13-5-3-6-15(11-13)26-22(27)18(14(2)25-26)12-16-9-10-20(28-16)17-7-4-8-19(23)21(17)24/h3-12H,1-2H3/b18-12-. The molecule has 0 saturated heterocycles. The lowest BCUT2D eigenvalue weighted by molar-refractivity contribution is -0.114. The van der Waals surface area contributed by atoms with Crippen molar-refractivity contribution in [1.29, 1.82) is 0 Å². The first-order valence-corrected chi connectivity index (χ1v) is 9.42. The Bertz CT molecular complexity index is 1140. The van der Waals surface area contributed by atoms with Crippen LogP contribution in [0.5, 0.6) is 0 Å². The van der Waals surface area contributed by atoms with Gasteiger partial charge in [-0.05, 0) is 61.9 Å². The summed E-state index contributed by atoms with van der Waals surface area (Å²) in [4.78, 5) is 12.9. The Balaban J connectivity index is 1.65. The zero-order valence-corrected chi connectivity index (χ0v) is 16.8. The third kappa shape index (κ3) is 3.37. The van der Waals surface area contributed by atoms with Gasteiger partial charge in [-0.2, -0.15) is 10.1 Å². The molecule has 0 unspecified atom stereocenters. The van der Waals surface area contributed by atoms with Crippen molar-refractivity contribution < 1.29 is 9.21 Å². The van der Waals surface area contributed by atoms with Crippen molar-refractivity contribution in [3.8, 4) is 11.3 Å². The van der Waals surface area contributed by atoms with Crippen molar-refractivity contribution in [2.75, 3.05) is 5.01 Å². The maximum absolute atomic E-state index is 12.9. The van der Waals surface area contributed by atoms with Crippen LogP contribution in [0, 0.1) is 6.92 Å². The smallest absolute Gasteiger partial charge is 0.280 e. The molecule has 0 aliphatic carbocycles. The molecular formula is C22H16Cl2N2O2. The number of hydrazone groups is 1. The minimum Gasteiger partial charge on any atom is -0.457 e. The minimum absolute atomic E-state index is 0.193. The Labute approximate surface area is 172 Å². The highest BCUT2D eigenvalue weighted by Gasteiger charge is 2.29. The van der Waals surface area contributed by atoms with Crippen molar-refractivity contribution in [1.82, 2.24) is 0 Å². The van der Waals surface area contributed by atoms with Gasteiger partial charge < -0.3 is 4.42 Å². The fraction of sp³-hybridized carbons (Fsp3) is 0.0909. The molecule has 3 aromatic rings. The number of amides is 1. The van der Waals surface area contributed by atoms with Gasteiger partial charge in [0.25, 0.3) is 5.91 Å². The summed E-state index contributed by atoms with van der Waals surface area (Å²) in [6.45, 7) is 3.78. The van der Waals surface area contributed by atoms with E-state index in [1.54, 1.807) is 37.3 Å². The number of nitrogens with zero attached hydrogens (tertiary/aromatic N) is 2. The first-order chi connectivity index (χ1) is 13.4. The van der Waals surface area contributed by atoms with Gasteiger partial charge in [-0.1, -0.05) is 41.4 Å². The molecule has 1 amide bonds. The zero-order valence-electron chi connectivity index (χ0n) is 15.2. The highest BCUT2D eigenvalue weighted by Crippen LogP contribution is 2.35. The maximum Gasteiger partial charge on any atom is 0.280 e. The van der Waals surface area contributed by atoms with Gasteiger partial charge in [-0.15, -0.1) is 0 Å². The third-order valence-corrected chi connectivity index (χ3v) is 5.26. The van der Waals surface area contributed by atoms with Crippen molar-refractivity contribution in [3.05, 3.63) is 81.5 Å². The van der Waals surface area contributed by atoms with E-state index < -0.39 is 0 Å². The van der Waals surface area contributed by atoms with Crippen molar-refractivity contribution in [3.63, 3.8) is 0 Å². The number of benzene rings is 2. The summed E-state index contributed by atoms with van der Waals surface area (Å²) in [5, 5.41) is 6.70. The molecule has 0 fully saturated rings. The van der Waals surface area contributed by atoms with Crippen LogP contribution in [0.4, 0.5) is 5.69 Å². The first-order valence-electron chi connectivity index (χ1n) is 8.66. The molecule has 0 N–H and O–H groups in total. The molecule has 140 valence electrons. The van der Waals surface area contributed by atoms with Gasteiger partial charge in [0.1, 0.15) is 11.5 Å². The largest absolute Gasteiger partial charge is 0.457 e. The Morgan fingerprint density at radius 3 is 2.61 bits per heavy atom. The highest BCUT2D eigenvalue weighted by molar-refractivity contribution is 6.43. The summed E-state index contributed by atoms with van der Waals surface area (Å²) in [5.74, 6) is 0.923. The zero-order chi connectivity index (χ0) is 19.8. The molecule has 28 heavy (non-hydrogen) atoms. The monoisotopic (exact) mass is 410 g/mol. The maximum atomic E-state index is 12.9. The molecule has 1 aliphatic heterocycles. The SMILES string of the molecule is CC1=NN(c2cccc(C)c2)C(=O)/C1=C\c1ccc(-c2cccc(Cl)c2Cl)o1. The van der Waals surface area contributed by atoms with Crippen LogP contribution in [0.2, 0.25) is 10.0 Å². The number of furan rings is 1. The molecule has 2 heterocycles. The van der Waals surface area contributed by atoms with Crippen LogP contribution in [-0.4, -0.2) is 11.6 Å². The lowest BCUT2D eigenvalue weighted by atomic mass is 10.1. The third-order valence-electron chi connectivity index (χ3n) is 4.44. The number of carbonyl (C=O) groups excluding carboxylic acids is 1. The number of aryl methyl sites for hydroxylation is 1. The molecule has 0 atom stereocenters.